The molecule has 5 rings (SSSR count). The summed E-state index contributed by atoms with van der Waals surface area (Å²) < 4.78 is 29.9. The lowest BCUT2D eigenvalue weighted by Gasteiger charge is -2.15. The van der Waals surface area contributed by atoms with Crippen molar-refractivity contribution in [2.45, 2.75) is 6.54 Å². The summed E-state index contributed by atoms with van der Waals surface area (Å²) in [5.74, 6) is 0.778. The second-order valence-corrected chi connectivity index (χ2v) is 9.67. The van der Waals surface area contributed by atoms with Gasteiger partial charge in [0.15, 0.2) is 11.5 Å². The lowest BCUT2D eigenvalue weighted by molar-refractivity contribution is 0.0956. The Kier molecular flexibility index (Phi) is 7.33. The number of hydrogen-bond acceptors (Lipinski definition) is 7. The maximum atomic E-state index is 13.3. The summed E-state index contributed by atoms with van der Waals surface area (Å²) in [6.45, 7) is 0.231. The summed E-state index contributed by atoms with van der Waals surface area (Å²) in [6.07, 6.45) is 0. The molecule has 2 heterocycles. The number of nitrogens with two attached hydrogens (primary N) is 1. The van der Waals surface area contributed by atoms with Gasteiger partial charge in [0.2, 0.25) is 5.75 Å². The first-order valence-electron chi connectivity index (χ1n) is 12.0. The molecule has 0 aliphatic rings. The van der Waals surface area contributed by atoms with E-state index in [0.29, 0.717) is 38.0 Å². The molecule has 0 radical (unpaired) electrons. The molecule has 0 spiro atoms. The van der Waals surface area contributed by atoms with Gasteiger partial charge in [-0.15, -0.1) is 11.3 Å². The number of aromatic nitrogens is 1. The summed E-state index contributed by atoms with van der Waals surface area (Å²) in [5.41, 5.74) is 10.9. The maximum absolute atomic E-state index is 13.3. The Labute approximate surface area is 229 Å². The number of fused-ring (bicyclic) bond motifs is 1. The molecule has 5 aromatic rings. The van der Waals surface area contributed by atoms with Gasteiger partial charge in [0.1, 0.15) is 15.5 Å². The van der Waals surface area contributed by atoms with E-state index in [1.54, 1.807) is 33.5 Å². The minimum absolute atomic E-state index is 0.231. The zero-order valence-corrected chi connectivity index (χ0v) is 22.4. The van der Waals surface area contributed by atoms with Crippen LogP contribution in [0.3, 0.4) is 0 Å². The highest BCUT2D eigenvalue weighted by Gasteiger charge is 2.23. The highest BCUT2D eigenvalue weighted by molar-refractivity contribution is 7.21. The summed E-state index contributed by atoms with van der Waals surface area (Å²) >= 11 is 1.22. The van der Waals surface area contributed by atoms with Gasteiger partial charge in [-0.1, -0.05) is 42.5 Å². The number of anilines is 1. The Morgan fingerprint density at radius 2 is 1.59 bits per heavy atom. The zero-order chi connectivity index (χ0) is 27.5. The van der Waals surface area contributed by atoms with E-state index in [9.17, 15) is 9.18 Å². The highest BCUT2D eigenvalue weighted by atomic mass is 32.1. The molecule has 9 heteroatoms. The molecule has 0 atom stereocenters. The molecule has 0 saturated carbocycles. The number of pyridine rings is 1. The van der Waals surface area contributed by atoms with Gasteiger partial charge in [-0.25, -0.2) is 9.37 Å². The number of carbonyl (C=O) groups excluding carboxylic acids is 1. The van der Waals surface area contributed by atoms with E-state index in [2.05, 4.69) is 5.32 Å². The van der Waals surface area contributed by atoms with Gasteiger partial charge in [0, 0.05) is 17.5 Å². The number of rotatable bonds is 8. The molecule has 0 unspecified atom stereocenters. The van der Waals surface area contributed by atoms with Crippen molar-refractivity contribution in [2.24, 2.45) is 0 Å². The number of carbonyl (C=O) groups is 1. The predicted molar refractivity (Wildman–Crippen MR) is 152 cm³/mol. The molecule has 0 bridgehead atoms. The number of ether oxygens (including phenoxy) is 3. The highest BCUT2D eigenvalue weighted by Crippen LogP contribution is 2.46. The molecule has 0 fully saturated rings. The largest absolute Gasteiger partial charge is 0.493 e. The summed E-state index contributed by atoms with van der Waals surface area (Å²) in [7, 11) is 4.66. The third-order valence-electron chi connectivity index (χ3n) is 6.32. The Bertz CT molecular complexity index is 1630. The van der Waals surface area contributed by atoms with E-state index < -0.39 is 0 Å². The van der Waals surface area contributed by atoms with Crippen LogP contribution in [0, 0.1) is 5.82 Å². The van der Waals surface area contributed by atoms with Crippen LogP contribution in [0.25, 0.3) is 32.6 Å². The number of hydrogen-bond donors (Lipinski definition) is 2. The van der Waals surface area contributed by atoms with Crippen LogP contribution >= 0.6 is 11.3 Å². The third-order valence-corrected chi connectivity index (χ3v) is 7.41. The van der Waals surface area contributed by atoms with Crippen LogP contribution in [-0.4, -0.2) is 32.2 Å². The van der Waals surface area contributed by atoms with Crippen molar-refractivity contribution in [3.8, 4) is 39.6 Å². The molecule has 1 amide bonds. The van der Waals surface area contributed by atoms with Crippen molar-refractivity contribution >= 4 is 33.1 Å². The van der Waals surface area contributed by atoms with E-state index in [1.807, 2.05) is 48.5 Å². The number of methoxy groups -OCH3 is 3. The second-order valence-electron chi connectivity index (χ2n) is 8.67. The Hall–Kier alpha value is -4.63. The molecule has 0 aliphatic heterocycles. The van der Waals surface area contributed by atoms with Crippen molar-refractivity contribution in [1.82, 2.24) is 10.3 Å². The number of nitrogens with one attached hydrogen (secondary N) is 1. The minimum atomic E-state index is -0.336. The van der Waals surface area contributed by atoms with Gasteiger partial charge < -0.3 is 25.3 Å². The summed E-state index contributed by atoms with van der Waals surface area (Å²) in [4.78, 5) is 19.1. The third kappa shape index (κ3) is 5.08. The normalized spacial score (nSPS) is 10.9. The van der Waals surface area contributed by atoms with Crippen LogP contribution in [0.15, 0.2) is 72.8 Å². The number of thiophene rings is 1. The standard InChI is InChI=1S/C30H26FN3O4S/c1-36-23-13-19(14-24(37-2)27(23)38-3)21-15-22(18-7-5-4-6-8-18)34-30-25(21)26(32)28(39-30)29(35)33-16-17-9-11-20(31)12-10-17/h4-15H,16,32H2,1-3H3,(H,33,35). The number of nitrogen functional groups attached to an aromatic ring is 1. The fraction of sp³-hybridized carbons (Fsp3) is 0.133. The van der Waals surface area contributed by atoms with Crippen LogP contribution in [0.1, 0.15) is 15.2 Å². The SMILES string of the molecule is COc1cc(-c2cc(-c3ccccc3)nc3sc(C(=O)NCc4ccc(F)cc4)c(N)c23)cc(OC)c1OC. The number of benzene rings is 3. The summed E-state index contributed by atoms with van der Waals surface area (Å²) in [5, 5.41) is 3.53. The lowest BCUT2D eigenvalue weighted by atomic mass is 9.98. The number of amides is 1. The van der Waals surface area contributed by atoms with Gasteiger partial charge in [-0.2, -0.15) is 0 Å². The molecule has 198 valence electrons. The molecular weight excluding hydrogens is 517 g/mol. The van der Waals surface area contributed by atoms with E-state index in [1.165, 1.54) is 23.5 Å². The lowest BCUT2D eigenvalue weighted by Crippen LogP contribution is -2.22. The van der Waals surface area contributed by atoms with E-state index in [-0.39, 0.29) is 18.3 Å². The Balaban J connectivity index is 1.65. The van der Waals surface area contributed by atoms with Crippen LogP contribution in [-0.2, 0) is 6.54 Å². The average Bonchev–Trinajstić information content (AvgIpc) is 3.32. The first-order valence-corrected chi connectivity index (χ1v) is 12.9. The van der Waals surface area contributed by atoms with Gasteiger partial charge in [-0.05, 0) is 47.0 Å². The van der Waals surface area contributed by atoms with Crippen LogP contribution in [0.5, 0.6) is 17.2 Å². The van der Waals surface area contributed by atoms with Crippen LogP contribution < -0.4 is 25.3 Å². The van der Waals surface area contributed by atoms with Crippen molar-refractivity contribution < 1.29 is 23.4 Å². The first-order chi connectivity index (χ1) is 18.9. The number of halogens is 1. The molecule has 39 heavy (non-hydrogen) atoms. The molecule has 2 aromatic heterocycles. The van der Waals surface area contributed by atoms with Gasteiger partial charge in [0.25, 0.3) is 5.91 Å². The quantitative estimate of drug-likeness (QED) is 0.238. The van der Waals surface area contributed by atoms with Gasteiger partial charge in [0.05, 0.1) is 32.7 Å². The molecule has 0 saturated heterocycles. The number of nitrogens with zero attached hydrogens (tertiary/aromatic N) is 1. The second kappa shape index (κ2) is 11.0. The Morgan fingerprint density at radius 3 is 2.21 bits per heavy atom. The fourth-order valence-electron chi connectivity index (χ4n) is 4.38. The van der Waals surface area contributed by atoms with E-state index in [4.69, 9.17) is 24.9 Å². The molecular formula is C30H26FN3O4S. The molecule has 3 aromatic carbocycles. The van der Waals surface area contributed by atoms with Crippen LogP contribution in [0.2, 0.25) is 0 Å². The molecule has 0 aliphatic carbocycles. The van der Waals surface area contributed by atoms with Crippen molar-refractivity contribution in [2.75, 3.05) is 27.1 Å². The van der Waals surface area contributed by atoms with Crippen molar-refractivity contribution in [1.29, 1.82) is 0 Å². The molecule has 7 nitrogen and oxygen atoms in total. The summed E-state index contributed by atoms with van der Waals surface area (Å²) in [6, 6.07) is 21.4. The predicted octanol–water partition coefficient (Wildman–Crippen LogP) is 6.31. The van der Waals surface area contributed by atoms with Gasteiger partial charge in [-0.3, -0.25) is 4.79 Å². The minimum Gasteiger partial charge on any atom is -0.493 e. The topological polar surface area (TPSA) is 95.7 Å². The smallest absolute Gasteiger partial charge is 0.263 e. The average molecular weight is 544 g/mol. The fourth-order valence-corrected chi connectivity index (χ4v) is 5.41. The van der Waals surface area contributed by atoms with Crippen molar-refractivity contribution in [3.05, 3.63) is 89.1 Å². The Morgan fingerprint density at radius 1 is 0.923 bits per heavy atom. The maximum Gasteiger partial charge on any atom is 0.263 e. The van der Waals surface area contributed by atoms with E-state index in [0.717, 1.165) is 27.9 Å². The van der Waals surface area contributed by atoms with Crippen molar-refractivity contribution in [3.63, 3.8) is 0 Å². The zero-order valence-electron chi connectivity index (χ0n) is 21.6. The molecule has 3 N–H and O–H groups in total. The van der Waals surface area contributed by atoms with Gasteiger partial charge >= 0.3 is 0 Å². The monoisotopic (exact) mass is 543 g/mol. The van der Waals surface area contributed by atoms with Crippen LogP contribution in [0.4, 0.5) is 10.1 Å². The first kappa shape index (κ1) is 26.0. The van der Waals surface area contributed by atoms with E-state index >= 15 is 0 Å².